The zero-order valence-electron chi connectivity index (χ0n) is 22.1. The maximum absolute atomic E-state index is 6.19. The minimum Gasteiger partial charge on any atom is -0.490 e. The van der Waals surface area contributed by atoms with E-state index < -0.39 is 0 Å². The molecule has 200 valence electrons. The van der Waals surface area contributed by atoms with Crippen LogP contribution in [0.5, 0.6) is 17.2 Å². The Morgan fingerprint density at radius 1 is 0.425 bits per heavy atom. The molecule has 3 aromatic carbocycles. The van der Waals surface area contributed by atoms with Crippen LogP contribution in [-0.2, 0) is 0 Å². The monoisotopic (exact) mass is 530 g/mol. The van der Waals surface area contributed by atoms with Gasteiger partial charge in [-0.25, -0.2) is 0 Å². The molecule has 0 unspecified atom stereocenters. The Hall–Kier alpha value is -4.75. The second-order valence-electron chi connectivity index (χ2n) is 9.38. The zero-order chi connectivity index (χ0) is 27.0. The average Bonchev–Trinajstić information content (AvgIpc) is 3.01. The summed E-state index contributed by atoms with van der Waals surface area (Å²) >= 11 is 0. The van der Waals surface area contributed by atoms with Crippen molar-refractivity contribution in [3.8, 4) is 17.2 Å². The SMILES string of the molecule is c1cnc2c(OCCN(CCOc3cccc4cccnc34)CCOc3cccc4cccnc34)cccc2c1. The Kier molecular flexibility index (Phi) is 7.92. The molecule has 0 aliphatic carbocycles. The van der Waals surface area contributed by atoms with Gasteiger partial charge in [-0.3, -0.25) is 19.9 Å². The molecule has 0 aliphatic heterocycles. The van der Waals surface area contributed by atoms with Crippen LogP contribution in [0.15, 0.2) is 110 Å². The molecule has 3 aromatic heterocycles. The standard InChI is InChI=1S/C33H30N4O3/c1-7-25-10-4-16-34-31(25)28(13-1)38-22-19-37(20-23-39-29-14-2-8-26-11-5-17-35-32(26)29)21-24-40-30-15-3-9-27-12-6-18-36-33(27)30/h1-18H,19-24H2. The average molecular weight is 531 g/mol. The number of para-hydroxylation sites is 3. The first-order valence-electron chi connectivity index (χ1n) is 13.5. The van der Waals surface area contributed by atoms with Gasteiger partial charge in [0.1, 0.15) is 53.6 Å². The van der Waals surface area contributed by atoms with E-state index in [0.29, 0.717) is 39.5 Å². The maximum Gasteiger partial charge on any atom is 0.145 e. The van der Waals surface area contributed by atoms with Crippen molar-refractivity contribution in [3.05, 3.63) is 110 Å². The third-order valence-electron chi connectivity index (χ3n) is 6.78. The van der Waals surface area contributed by atoms with Crippen LogP contribution in [0.1, 0.15) is 0 Å². The highest BCUT2D eigenvalue weighted by Crippen LogP contribution is 2.25. The molecule has 7 heteroatoms. The molecule has 6 rings (SSSR count). The Labute approximate surface area is 233 Å². The minimum atomic E-state index is 0.515. The van der Waals surface area contributed by atoms with Crippen LogP contribution in [0.3, 0.4) is 0 Å². The van der Waals surface area contributed by atoms with Gasteiger partial charge in [0, 0.05) is 54.4 Å². The summed E-state index contributed by atoms with van der Waals surface area (Å²) in [4.78, 5) is 15.8. The molecule has 0 saturated heterocycles. The summed E-state index contributed by atoms with van der Waals surface area (Å²) in [7, 11) is 0. The largest absolute Gasteiger partial charge is 0.490 e. The fraction of sp³-hybridized carbons (Fsp3) is 0.182. The van der Waals surface area contributed by atoms with E-state index in [-0.39, 0.29) is 0 Å². The number of pyridine rings is 3. The quantitative estimate of drug-likeness (QED) is 0.187. The van der Waals surface area contributed by atoms with Crippen LogP contribution in [-0.4, -0.2) is 59.3 Å². The lowest BCUT2D eigenvalue weighted by molar-refractivity contribution is 0.154. The second kappa shape index (κ2) is 12.4. The fourth-order valence-electron chi connectivity index (χ4n) is 4.77. The van der Waals surface area contributed by atoms with E-state index in [9.17, 15) is 0 Å². The highest BCUT2D eigenvalue weighted by molar-refractivity contribution is 5.85. The first-order valence-corrected chi connectivity index (χ1v) is 13.5. The highest BCUT2D eigenvalue weighted by Gasteiger charge is 2.11. The van der Waals surface area contributed by atoms with E-state index in [2.05, 4.69) is 19.9 Å². The smallest absolute Gasteiger partial charge is 0.145 e. The van der Waals surface area contributed by atoms with Gasteiger partial charge in [-0.05, 0) is 36.4 Å². The number of hydrogen-bond donors (Lipinski definition) is 0. The number of ether oxygens (including phenoxy) is 3. The van der Waals surface area contributed by atoms with Crippen molar-refractivity contribution in [2.45, 2.75) is 0 Å². The van der Waals surface area contributed by atoms with Crippen LogP contribution >= 0.6 is 0 Å². The minimum absolute atomic E-state index is 0.515. The van der Waals surface area contributed by atoms with Crippen molar-refractivity contribution in [1.29, 1.82) is 0 Å². The summed E-state index contributed by atoms with van der Waals surface area (Å²) in [5.74, 6) is 2.36. The van der Waals surface area contributed by atoms with Gasteiger partial charge < -0.3 is 14.2 Å². The molecule has 0 radical (unpaired) electrons. The van der Waals surface area contributed by atoms with Gasteiger partial charge in [0.05, 0.1) is 0 Å². The molecular formula is C33H30N4O3. The molecule has 3 heterocycles. The van der Waals surface area contributed by atoms with Gasteiger partial charge in [-0.2, -0.15) is 0 Å². The van der Waals surface area contributed by atoms with E-state index in [1.54, 1.807) is 18.6 Å². The Morgan fingerprint density at radius 2 is 0.750 bits per heavy atom. The van der Waals surface area contributed by atoms with Crippen LogP contribution in [0.25, 0.3) is 32.7 Å². The second-order valence-corrected chi connectivity index (χ2v) is 9.38. The molecule has 0 spiro atoms. The molecule has 0 fully saturated rings. The molecule has 0 bridgehead atoms. The summed E-state index contributed by atoms with van der Waals surface area (Å²) in [5, 5.41) is 3.18. The van der Waals surface area contributed by atoms with Gasteiger partial charge in [0.25, 0.3) is 0 Å². The number of nitrogens with zero attached hydrogens (tertiary/aromatic N) is 4. The van der Waals surface area contributed by atoms with E-state index in [0.717, 1.165) is 50.0 Å². The number of aromatic nitrogens is 3. The molecule has 0 atom stereocenters. The predicted molar refractivity (Wildman–Crippen MR) is 158 cm³/mol. The van der Waals surface area contributed by atoms with E-state index in [1.807, 2.05) is 91.0 Å². The van der Waals surface area contributed by atoms with Crippen molar-refractivity contribution in [2.75, 3.05) is 39.5 Å². The Balaban J connectivity index is 1.11. The number of hydrogen-bond acceptors (Lipinski definition) is 7. The van der Waals surface area contributed by atoms with Gasteiger partial charge in [-0.15, -0.1) is 0 Å². The van der Waals surface area contributed by atoms with Crippen molar-refractivity contribution < 1.29 is 14.2 Å². The Morgan fingerprint density at radius 3 is 1.10 bits per heavy atom. The van der Waals surface area contributed by atoms with Crippen LogP contribution in [0.2, 0.25) is 0 Å². The van der Waals surface area contributed by atoms with Gasteiger partial charge in [0.2, 0.25) is 0 Å². The molecule has 0 aliphatic rings. The molecule has 0 amide bonds. The summed E-state index contributed by atoms with van der Waals surface area (Å²) in [5.41, 5.74) is 2.61. The van der Waals surface area contributed by atoms with Crippen LogP contribution in [0.4, 0.5) is 0 Å². The predicted octanol–water partition coefficient (Wildman–Crippen LogP) is 6.17. The third kappa shape index (κ3) is 5.95. The Bertz CT molecular complexity index is 1510. The van der Waals surface area contributed by atoms with Gasteiger partial charge in [-0.1, -0.05) is 54.6 Å². The van der Waals surface area contributed by atoms with E-state index in [1.165, 1.54) is 0 Å². The van der Waals surface area contributed by atoms with Gasteiger partial charge in [0.15, 0.2) is 0 Å². The lowest BCUT2D eigenvalue weighted by Crippen LogP contribution is -2.35. The fourth-order valence-corrected chi connectivity index (χ4v) is 4.77. The van der Waals surface area contributed by atoms with Crippen molar-refractivity contribution in [1.82, 2.24) is 19.9 Å². The summed E-state index contributed by atoms with van der Waals surface area (Å²) in [6.07, 6.45) is 5.38. The lowest BCUT2D eigenvalue weighted by Gasteiger charge is -2.23. The van der Waals surface area contributed by atoms with E-state index in [4.69, 9.17) is 14.2 Å². The van der Waals surface area contributed by atoms with Crippen molar-refractivity contribution in [3.63, 3.8) is 0 Å². The topological polar surface area (TPSA) is 69.6 Å². The number of benzene rings is 3. The van der Waals surface area contributed by atoms with Crippen LogP contribution in [0, 0.1) is 0 Å². The molecule has 0 saturated carbocycles. The molecular weight excluding hydrogens is 500 g/mol. The number of rotatable bonds is 12. The third-order valence-corrected chi connectivity index (χ3v) is 6.78. The van der Waals surface area contributed by atoms with E-state index >= 15 is 0 Å². The highest BCUT2D eigenvalue weighted by atomic mass is 16.5. The van der Waals surface area contributed by atoms with Crippen LogP contribution < -0.4 is 14.2 Å². The van der Waals surface area contributed by atoms with Gasteiger partial charge >= 0.3 is 0 Å². The summed E-state index contributed by atoms with van der Waals surface area (Å²) < 4.78 is 18.6. The molecule has 6 aromatic rings. The summed E-state index contributed by atoms with van der Waals surface area (Å²) in [6.45, 7) is 3.66. The lowest BCUT2D eigenvalue weighted by atomic mass is 10.2. The van der Waals surface area contributed by atoms with Crippen molar-refractivity contribution in [2.24, 2.45) is 0 Å². The first-order chi connectivity index (χ1) is 19.8. The first kappa shape index (κ1) is 25.5. The maximum atomic E-state index is 6.19. The molecule has 40 heavy (non-hydrogen) atoms. The zero-order valence-corrected chi connectivity index (χ0v) is 22.1. The number of fused-ring (bicyclic) bond motifs is 3. The normalized spacial score (nSPS) is 11.3. The summed E-state index contributed by atoms with van der Waals surface area (Å²) in [6, 6.07) is 29.9. The molecule has 0 N–H and O–H groups in total. The van der Waals surface area contributed by atoms with Crippen molar-refractivity contribution >= 4 is 32.7 Å². The molecule has 7 nitrogen and oxygen atoms in total.